The minimum absolute atomic E-state index is 0.300. The van der Waals surface area contributed by atoms with Crippen LogP contribution < -0.4 is 5.32 Å². The van der Waals surface area contributed by atoms with Gasteiger partial charge in [0.25, 0.3) is 6.20 Å². The summed E-state index contributed by atoms with van der Waals surface area (Å²) < 4.78 is 0. The Morgan fingerprint density at radius 2 is 2.50 bits per heavy atom. The van der Waals surface area contributed by atoms with Crippen molar-refractivity contribution in [2.75, 3.05) is 6.54 Å². The Balaban J connectivity index is 2.86. The fourth-order valence-corrected chi connectivity index (χ4v) is 1.05. The maximum absolute atomic E-state index is 10.1. The standard InChI is InChI=1S/C6H8N4O2/c7-9-5-2-1-3-8-6(5)4-10(11)12/h4,8H,1-3H2/b6-4-. The first kappa shape index (κ1) is 8.42. The number of nitrogens with one attached hydrogen (secondary N) is 1. The second kappa shape index (κ2) is 3.64. The molecule has 1 aliphatic heterocycles. The molecule has 0 radical (unpaired) electrons. The fourth-order valence-electron chi connectivity index (χ4n) is 1.05. The van der Waals surface area contributed by atoms with Crippen molar-refractivity contribution < 1.29 is 9.71 Å². The summed E-state index contributed by atoms with van der Waals surface area (Å²) in [6.45, 7) is 0.679. The number of allylic oxidation sites excluding steroid dienone is 1. The molecule has 1 heterocycles. The average molecular weight is 168 g/mol. The Hall–Kier alpha value is -1.68. The van der Waals surface area contributed by atoms with E-state index in [-0.39, 0.29) is 0 Å². The van der Waals surface area contributed by atoms with Crippen molar-refractivity contribution >= 4 is 5.71 Å². The van der Waals surface area contributed by atoms with E-state index in [0.717, 1.165) is 12.6 Å². The van der Waals surface area contributed by atoms with Crippen LogP contribution in [0.4, 0.5) is 0 Å². The highest BCUT2D eigenvalue weighted by atomic mass is 16.6. The van der Waals surface area contributed by atoms with E-state index in [4.69, 9.17) is 5.53 Å². The van der Waals surface area contributed by atoms with Crippen molar-refractivity contribution in [3.63, 3.8) is 0 Å². The van der Waals surface area contributed by atoms with Gasteiger partial charge in [-0.15, -0.1) is 0 Å². The summed E-state index contributed by atoms with van der Waals surface area (Å²) >= 11 is 0. The molecule has 6 nitrogen and oxygen atoms in total. The zero-order chi connectivity index (χ0) is 8.97. The Morgan fingerprint density at radius 1 is 1.75 bits per heavy atom. The highest BCUT2D eigenvalue weighted by Gasteiger charge is 2.22. The van der Waals surface area contributed by atoms with Crippen LogP contribution in [0.5, 0.6) is 0 Å². The molecule has 1 saturated heterocycles. The third-order valence-electron chi connectivity index (χ3n) is 1.57. The van der Waals surface area contributed by atoms with Crippen LogP contribution in [0, 0.1) is 10.1 Å². The molecule has 1 aliphatic rings. The van der Waals surface area contributed by atoms with Crippen molar-refractivity contribution in [1.82, 2.24) is 5.32 Å². The molecule has 12 heavy (non-hydrogen) atoms. The van der Waals surface area contributed by atoms with Gasteiger partial charge in [0.1, 0.15) is 0 Å². The number of hydrogen-bond acceptors (Lipinski definition) is 3. The molecule has 1 N–H and O–H groups in total. The molecule has 0 saturated carbocycles. The molecule has 6 heteroatoms. The van der Waals surface area contributed by atoms with E-state index >= 15 is 0 Å². The molecule has 0 atom stereocenters. The SMILES string of the molecule is [N-]=[N+]=C1CCCN/C1=C\[N+](=O)[O-]. The number of nitrogens with zero attached hydrogens (tertiary/aromatic N) is 3. The largest absolute Gasteiger partial charge is 0.374 e. The van der Waals surface area contributed by atoms with Gasteiger partial charge in [0, 0.05) is 6.54 Å². The van der Waals surface area contributed by atoms with Crippen LogP contribution in [0.3, 0.4) is 0 Å². The maximum Gasteiger partial charge on any atom is 0.321 e. The minimum atomic E-state index is -0.571. The smallest absolute Gasteiger partial charge is 0.321 e. The lowest BCUT2D eigenvalue weighted by Crippen LogP contribution is -2.29. The Bertz CT molecular complexity index is 277. The minimum Gasteiger partial charge on any atom is -0.374 e. The van der Waals surface area contributed by atoms with E-state index in [9.17, 15) is 10.1 Å². The predicted octanol–water partition coefficient (Wildman–Crippen LogP) is 0.159. The van der Waals surface area contributed by atoms with E-state index in [1.807, 2.05) is 0 Å². The molecule has 64 valence electrons. The molecule has 1 fully saturated rings. The van der Waals surface area contributed by atoms with E-state index in [0.29, 0.717) is 24.4 Å². The predicted molar refractivity (Wildman–Crippen MR) is 40.9 cm³/mol. The first-order chi connectivity index (χ1) is 5.74. The molecule has 1 rings (SSSR count). The summed E-state index contributed by atoms with van der Waals surface area (Å²) in [6, 6.07) is 0. The van der Waals surface area contributed by atoms with Gasteiger partial charge in [-0.3, -0.25) is 10.1 Å². The molecule has 0 aromatic rings. The van der Waals surface area contributed by atoms with Crippen LogP contribution in [0.15, 0.2) is 11.9 Å². The van der Waals surface area contributed by atoms with Gasteiger partial charge in [-0.25, -0.2) is 0 Å². The lowest BCUT2D eigenvalue weighted by molar-refractivity contribution is -0.403. The third kappa shape index (κ3) is 1.90. The van der Waals surface area contributed by atoms with Crippen molar-refractivity contribution in [2.45, 2.75) is 12.8 Å². The highest BCUT2D eigenvalue weighted by molar-refractivity contribution is 5.95. The topological polar surface area (TPSA) is 91.6 Å². The first-order valence-corrected chi connectivity index (χ1v) is 3.54. The van der Waals surface area contributed by atoms with E-state index in [1.54, 1.807) is 0 Å². The summed E-state index contributed by atoms with van der Waals surface area (Å²) in [7, 11) is 0. The van der Waals surface area contributed by atoms with Crippen LogP contribution in [-0.2, 0) is 0 Å². The monoisotopic (exact) mass is 168 g/mol. The number of piperidine rings is 1. The molecule has 0 aromatic heterocycles. The third-order valence-corrected chi connectivity index (χ3v) is 1.57. The highest BCUT2D eigenvalue weighted by Crippen LogP contribution is 2.05. The molecular formula is C6H8N4O2. The van der Waals surface area contributed by atoms with Gasteiger partial charge >= 0.3 is 5.71 Å². The zero-order valence-corrected chi connectivity index (χ0v) is 6.36. The maximum atomic E-state index is 10.1. The number of hydrogen-bond donors (Lipinski definition) is 1. The van der Waals surface area contributed by atoms with E-state index < -0.39 is 4.92 Å². The number of rotatable bonds is 1. The second-order valence-electron chi connectivity index (χ2n) is 2.41. The summed E-state index contributed by atoms with van der Waals surface area (Å²) in [5, 5.41) is 12.9. The molecule has 0 aliphatic carbocycles. The molecule has 0 unspecified atom stereocenters. The second-order valence-corrected chi connectivity index (χ2v) is 2.41. The van der Waals surface area contributed by atoms with Crippen molar-refractivity contribution in [2.24, 2.45) is 0 Å². The van der Waals surface area contributed by atoms with Crippen molar-refractivity contribution in [3.8, 4) is 0 Å². The van der Waals surface area contributed by atoms with Crippen LogP contribution in [0.25, 0.3) is 5.53 Å². The number of nitro groups is 1. The molecule has 0 bridgehead atoms. The van der Waals surface area contributed by atoms with E-state index in [2.05, 4.69) is 10.1 Å². The molecule has 0 aromatic carbocycles. The summed E-state index contributed by atoms with van der Waals surface area (Å²) in [5.41, 5.74) is 9.10. The van der Waals surface area contributed by atoms with Crippen LogP contribution >= 0.6 is 0 Å². The van der Waals surface area contributed by atoms with Gasteiger partial charge in [0.05, 0.1) is 11.3 Å². The van der Waals surface area contributed by atoms with Crippen LogP contribution in [0.1, 0.15) is 12.8 Å². The van der Waals surface area contributed by atoms with Crippen LogP contribution in [0.2, 0.25) is 0 Å². The molecule has 0 amide bonds. The lowest BCUT2D eigenvalue weighted by Gasteiger charge is -2.09. The van der Waals surface area contributed by atoms with E-state index in [1.165, 1.54) is 0 Å². The Kier molecular flexibility index (Phi) is 2.55. The van der Waals surface area contributed by atoms with Gasteiger partial charge in [-0.05, 0) is 6.42 Å². The van der Waals surface area contributed by atoms with Gasteiger partial charge in [-0.2, -0.15) is 4.79 Å². The summed E-state index contributed by atoms with van der Waals surface area (Å²) in [4.78, 5) is 12.5. The average Bonchev–Trinajstić information content (AvgIpc) is 2.04. The van der Waals surface area contributed by atoms with Gasteiger partial charge in [0.2, 0.25) is 0 Å². The summed E-state index contributed by atoms with van der Waals surface area (Å²) in [5.74, 6) is 0. The fraction of sp³-hybridized carbons (Fsp3) is 0.500. The van der Waals surface area contributed by atoms with Crippen molar-refractivity contribution in [1.29, 1.82) is 0 Å². The van der Waals surface area contributed by atoms with Gasteiger partial charge < -0.3 is 10.8 Å². The quantitative estimate of drug-likeness (QED) is 0.261. The molecule has 0 spiro atoms. The first-order valence-electron chi connectivity index (χ1n) is 3.54. The molecular weight excluding hydrogens is 160 g/mol. The zero-order valence-electron chi connectivity index (χ0n) is 6.36. The van der Waals surface area contributed by atoms with Crippen molar-refractivity contribution in [3.05, 3.63) is 27.5 Å². The Labute approximate surface area is 68.7 Å². The van der Waals surface area contributed by atoms with Gasteiger partial charge in [-0.1, -0.05) is 0 Å². The summed E-state index contributed by atoms with van der Waals surface area (Å²) in [6.07, 6.45) is 2.21. The normalized spacial score (nSPS) is 20.0. The van der Waals surface area contributed by atoms with Gasteiger partial charge in [0.15, 0.2) is 5.70 Å². The lowest BCUT2D eigenvalue weighted by atomic mass is 10.1. The Morgan fingerprint density at radius 3 is 3.08 bits per heavy atom. The van der Waals surface area contributed by atoms with Crippen LogP contribution in [-0.4, -0.2) is 22.0 Å².